The number of benzene rings is 1. The summed E-state index contributed by atoms with van der Waals surface area (Å²) in [5.41, 5.74) is 1.26. The molecule has 1 amide bonds. The molecule has 1 aliphatic heterocycles. The smallest absolute Gasteiger partial charge is 0.228 e. The van der Waals surface area contributed by atoms with Crippen molar-refractivity contribution in [1.29, 1.82) is 0 Å². The number of carbonyl (C=O) groups excluding carboxylic acids is 1. The molecule has 1 heterocycles. The largest absolute Gasteiger partial charge is 0.352 e. The lowest BCUT2D eigenvalue weighted by molar-refractivity contribution is -0.123. The molecule has 1 aromatic carbocycles. The van der Waals surface area contributed by atoms with Gasteiger partial charge in [0, 0.05) is 22.0 Å². The van der Waals surface area contributed by atoms with Crippen LogP contribution in [0, 0.1) is 5.41 Å². The van der Waals surface area contributed by atoms with Gasteiger partial charge in [0.05, 0.1) is 5.92 Å². The molecule has 1 aliphatic rings. The fraction of sp³-hybridized carbons (Fsp3) is 0.562. The highest BCUT2D eigenvalue weighted by Gasteiger charge is 2.32. The Kier molecular flexibility index (Phi) is 5.19. The van der Waals surface area contributed by atoms with Crippen LogP contribution < -0.4 is 5.32 Å². The van der Waals surface area contributed by atoms with E-state index in [-0.39, 0.29) is 23.3 Å². The Morgan fingerprint density at radius 1 is 1.45 bits per heavy atom. The third-order valence-corrected chi connectivity index (χ3v) is 5.42. The topological polar surface area (TPSA) is 29.1 Å². The van der Waals surface area contributed by atoms with Crippen molar-refractivity contribution in [3.63, 3.8) is 0 Å². The van der Waals surface area contributed by atoms with E-state index in [1.165, 1.54) is 10.5 Å². The number of halogens is 1. The van der Waals surface area contributed by atoms with E-state index in [1.54, 1.807) is 11.8 Å². The molecule has 2 atom stereocenters. The molecule has 110 valence electrons. The second-order valence-electron chi connectivity index (χ2n) is 6.31. The quantitative estimate of drug-likeness (QED) is 0.820. The lowest BCUT2D eigenvalue weighted by Gasteiger charge is -2.32. The molecule has 0 bridgehead atoms. The van der Waals surface area contributed by atoms with Crippen LogP contribution in [0.25, 0.3) is 0 Å². The number of nitrogens with one attached hydrogen (secondary N) is 1. The summed E-state index contributed by atoms with van der Waals surface area (Å²) in [5.74, 6) is 1.02. The summed E-state index contributed by atoms with van der Waals surface area (Å²) in [5, 5.41) is 4.17. The molecule has 0 saturated heterocycles. The first-order chi connectivity index (χ1) is 9.43. The molecule has 2 rings (SSSR count). The van der Waals surface area contributed by atoms with E-state index >= 15 is 0 Å². The van der Waals surface area contributed by atoms with Gasteiger partial charge in [0.15, 0.2) is 0 Å². The van der Waals surface area contributed by atoms with Crippen molar-refractivity contribution in [3.8, 4) is 0 Å². The summed E-state index contributed by atoms with van der Waals surface area (Å²) in [4.78, 5) is 13.9. The molecule has 2 unspecified atom stereocenters. The first-order valence-electron chi connectivity index (χ1n) is 7.01. The van der Waals surface area contributed by atoms with E-state index in [4.69, 9.17) is 0 Å². The van der Waals surface area contributed by atoms with Crippen LogP contribution in [0.15, 0.2) is 29.2 Å². The van der Waals surface area contributed by atoms with Crippen LogP contribution in [0.3, 0.4) is 0 Å². The van der Waals surface area contributed by atoms with Gasteiger partial charge < -0.3 is 5.32 Å². The van der Waals surface area contributed by atoms with E-state index in [0.29, 0.717) is 0 Å². The van der Waals surface area contributed by atoms with Crippen LogP contribution in [0.2, 0.25) is 0 Å². The Morgan fingerprint density at radius 3 is 2.80 bits per heavy atom. The Morgan fingerprint density at radius 2 is 2.15 bits per heavy atom. The Bertz CT molecular complexity index is 484. The predicted molar refractivity (Wildman–Crippen MR) is 89.7 cm³/mol. The van der Waals surface area contributed by atoms with Crippen LogP contribution in [0.5, 0.6) is 0 Å². The first-order valence-corrected chi connectivity index (χ1v) is 9.12. The van der Waals surface area contributed by atoms with Crippen LogP contribution >= 0.6 is 27.7 Å². The van der Waals surface area contributed by atoms with E-state index in [9.17, 15) is 4.79 Å². The number of thioether (sulfide) groups is 1. The van der Waals surface area contributed by atoms with Gasteiger partial charge in [-0.05, 0) is 23.5 Å². The molecule has 0 fully saturated rings. The van der Waals surface area contributed by atoms with Gasteiger partial charge in [-0.15, -0.1) is 11.8 Å². The van der Waals surface area contributed by atoms with Crippen molar-refractivity contribution in [1.82, 2.24) is 5.32 Å². The number of carbonyl (C=O) groups is 1. The Hall–Kier alpha value is -0.480. The predicted octanol–water partition coefficient (Wildman–Crippen LogP) is 4.19. The number of fused-ring (bicyclic) bond motifs is 1. The van der Waals surface area contributed by atoms with Gasteiger partial charge in [-0.25, -0.2) is 0 Å². The maximum absolute atomic E-state index is 12.6. The average molecular weight is 356 g/mol. The second-order valence-corrected chi connectivity index (χ2v) is 8.16. The van der Waals surface area contributed by atoms with Crippen molar-refractivity contribution in [2.45, 2.75) is 44.0 Å². The van der Waals surface area contributed by atoms with Gasteiger partial charge in [0.1, 0.15) is 0 Å². The summed E-state index contributed by atoms with van der Waals surface area (Å²) < 4.78 is 0. The highest BCUT2D eigenvalue weighted by atomic mass is 79.9. The summed E-state index contributed by atoms with van der Waals surface area (Å²) in [6.45, 7) is 6.54. The molecule has 20 heavy (non-hydrogen) atoms. The minimum Gasteiger partial charge on any atom is -0.352 e. The molecule has 1 N–H and O–H groups in total. The summed E-state index contributed by atoms with van der Waals surface area (Å²) >= 11 is 5.27. The third-order valence-electron chi connectivity index (χ3n) is 3.78. The Balaban J connectivity index is 2.09. The monoisotopic (exact) mass is 355 g/mol. The van der Waals surface area contributed by atoms with Crippen LogP contribution in [0.1, 0.15) is 38.7 Å². The van der Waals surface area contributed by atoms with Gasteiger partial charge in [-0.3, -0.25) is 4.79 Å². The molecule has 0 spiro atoms. The zero-order valence-electron chi connectivity index (χ0n) is 12.3. The van der Waals surface area contributed by atoms with Gasteiger partial charge >= 0.3 is 0 Å². The van der Waals surface area contributed by atoms with Crippen molar-refractivity contribution in [2.75, 3.05) is 11.1 Å². The van der Waals surface area contributed by atoms with Gasteiger partial charge in [0.25, 0.3) is 0 Å². The van der Waals surface area contributed by atoms with Gasteiger partial charge in [-0.2, -0.15) is 0 Å². The average Bonchev–Trinajstić information content (AvgIpc) is 2.81. The second kappa shape index (κ2) is 6.52. The number of hydrogen-bond donors (Lipinski definition) is 1. The van der Waals surface area contributed by atoms with Crippen LogP contribution in [-0.2, 0) is 4.79 Å². The lowest BCUT2D eigenvalue weighted by Crippen LogP contribution is -2.45. The molecular formula is C16H22BrNOS. The molecule has 0 saturated carbocycles. The molecule has 0 aromatic heterocycles. The van der Waals surface area contributed by atoms with Crippen LogP contribution in [0.4, 0.5) is 0 Å². The molecular weight excluding hydrogens is 334 g/mol. The molecule has 2 nitrogen and oxygen atoms in total. The zero-order valence-corrected chi connectivity index (χ0v) is 14.7. The fourth-order valence-corrected chi connectivity index (χ4v) is 4.17. The molecule has 4 heteroatoms. The number of rotatable bonds is 4. The van der Waals surface area contributed by atoms with Crippen molar-refractivity contribution in [3.05, 3.63) is 29.8 Å². The standard InChI is InChI=1S/C16H22BrNOS/c1-16(2,3)14(8-9-17)18-15(19)12-10-20-13-7-5-4-6-11(12)13/h4-7,12,14H,8-10H2,1-3H3,(H,18,19). The molecule has 0 radical (unpaired) electrons. The van der Waals surface area contributed by atoms with Crippen molar-refractivity contribution < 1.29 is 4.79 Å². The summed E-state index contributed by atoms with van der Waals surface area (Å²) in [7, 11) is 0. The van der Waals surface area contributed by atoms with E-state index in [0.717, 1.165) is 17.5 Å². The maximum atomic E-state index is 12.6. The number of amides is 1. The van der Waals surface area contributed by atoms with E-state index < -0.39 is 0 Å². The first kappa shape index (κ1) is 15.9. The van der Waals surface area contributed by atoms with E-state index in [1.807, 2.05) is 12.1 Å². The van der Waals surface area contributed by atoms with Crippen molar-refractivity contribution >= 4 is 33.6 Å². The SMILES string of the molecule is CC(C)(C)C(CCBr)NC(=O)C1CSc2ccccc21. The number of alkyl halides is 1. The summed E-state index contributed by atoms with van der Waals surface area (Å²) in [6, 6.07) is 8.44. The minimum absolute atomic E-state index is 0.00336. The highest BCUT2D eigenvalue weighted by Crippen LogP contribution is 2.39. The maximum Gasteiger partial charge on any atom is 0.228 e. The minimum atomic E-state index is -0.00336. The molecule has 0 aliphatic carbocycles. The third kappa shape index (κ3) is 3.59. The molecule has 1 aromatic rings. The summed E-state index contributed by atoms with van der Waals surface area (Å²) in [6.07, 6.45) is 0.955. The van der Waals surface area contributed by atoms with Gasteiger partial charge in [0.2, 0.25) is 5.91 Å². The van der Waals surface area contributed by atoms with Crippen molar-refractivity contribution in [2.24, 2.45) is 5.41 Å². The van der Waals surface area contributed by atoms with E-state index in [2.05, 4.69) is 54.2 Å². The van der Waals surface area contributed by atoms with Gasteiger partial charge in [-0.1, -0.05) is 54.9 Å². The fourth-order valence-electron chi connectivity index (χ4n) is 2.48. The lowest BCUT2D eigenvalue weighted by atomic mass is 9.84. The highest BCUT2D eigenvalue weighted by molar-refractivity contribution is 9.09. The zero-order chi connectivity index (χ0) is 14.8. The normalized spacial score (nSPS) is 19.5. The number of hydrogen-bond acceptors (Lipinski definition) is 2. The Labute approximate surface area is 134 Å². The van der Waals surface area contributed by atoms with Crippen LogP contribution in [-0.4, -0.2) is 23.0 Å².